The van der Waals surface area contributed by atoms with Crippen molar-refractivity contribution in [2.75, 3.05) is 0 Å². The van der Waals surface area contributed by atoms with Crippen molar-refractivity contribution >= 4 is 17.2 Å². The van der Waals surface area contributed by atoms with Crippen LogP contribution >= 0.6 is 11.3 Å². The van der Waals surface area contributed by atoms with Crippen molar-refractivity contribution in [2.45, 2.75) is 13.0 Å². The Labute approximate surface area is 132 Å². The minimum Gasteiger partial charge on any atom is -0.352 e. The predicted molar refractivity (Wildman–Crippen MR) is 87.3 cm³/mol. The Kier molecular flexibility index (Phi) is 4.56. The zero-order chi connectivity index (χ0) is 15.2. The van der Waals surface area contributed by atoms with Gasteiger partial charge in [-0.25, -0.2) is 4.98 Å². The Hall–Kier alpha value is -2.53. The number of nitrogens with one attached hydrogen (secondary N) is 1. The van der Waals surface area contributed by atoms with Crippen LogP contribution in [-0.4, -0.2) is 15.9 Å². The van der Waals surface area contributed by atoms with Gasteiger partial charge in [0.25, 0.3) is 0 Å². The lowest BCUT2D eigenvalue weighted by Gasteiger charge is -2.03. The van der Waals surface area contributed by atoms with Crippen molar-refractivity contribution in [1.29, 1.82) is 0 Å². The van der Waals surface area contributed by atoms with E-state index in [0.29, 0.717) is 13.0 Å². The van der Waals surface area contributed by atoms with Gasteiger partial charge in [0.15, 0.2) is 0 Å². The van der Waals surface area contributed by atoms with Gasteiger partial charge in [0, 0.05) is 29.9 Å². The molecule has 0 aliphatic carbocycles. The van der Waals surface area contributed by atoms with Gasteiger partial charge in [-0.15, -0.1) is 11.3 Å². The number of pyridine rings is 1. The molecule has 0 atom stereocenters. The third-order valence-corrected chi connectivity index (χ3v) is 4.09. The summed E-state index contributed by atoms with van der Waals surface area (Å²) in [6, 6.07) is 13.7. The molecular formula is C17H15N3OS. The van der Waals surface area contributed by atoms with Crippen LogP contribution in [0, 0.1) is 0 Å². The fourth-order valence-corrected chi connectivity index (χ4v) is 2.86. The van der Waals surface area contributed by atoms with Crippen molar-refractivity contribution in [1.82, 2.24) is 15.3 Å². The number of thiazole rings is 1. The van der Waals surface area contributed by atoms with Gasteiger partial charge in [-0.2, -0.15) is 0 Å². The van der Waals surface area contributed by atoms with Crippen LogP contribution in [0.25, 0.3) is 10.6 Å². The topological polar surface area (TPSA) is 54.9 Å². The number of aromatic nitrogens is 2. The molecule has 0 saturated heterocycles. The summed E-state index contributed by atoms with van der Waals surface area (Å²) in [5.41, 5.74) is 2.91. The lowest BCUT2D eigenvalue weighted by molar-refractivity contribution is -0.120. The molecule has 0 aliphatic rings. The first-order valence-electron chi connectivity index (χ1n) is 6.97. The molecular weight excluding hydrogens is 294 g/mol. The fourth-order valence-electron chi connectivity index (χ4n) is 2.04. The summed E-state index contributed by atoms with van der Waals surface area (Å²) in [7, 11) is 0. The molecule has 110 valence electrons. The van der Waals surface area contributed by atoms with Crippen LogP contribution in [0.15, 0.2) is 60.2 Å². The van der Waals surface area contributed by atoms with Gasteiger partial charge in [-0.1, -0.05) is 30.3 Å². The van der Waals surface area contributed by atoms with Crippen LogP contribution in [-0.2, 0) is 17.8 Å². The van der Waals surface area contributed by atoms with Gasteiger partial charge in [0.1, 0.15) is 5.01 Å². The molecule has 5 heteroatoms. The van der Waals surface area contributed by atoms with E-state index in [9.17, 15) is 4.79 Å². The van der Waals surface area contributed by atoms with Crippen molar-refractivity contribution in [2.24, 2.45) is 0 Å². The minimum absolute atomic E-state index is 0.0181. The molecule has 22 heavy (non-hydrogen) atoms. The number of carbonyl (C=O) groups excluding carboxylic acids is 1. The summed E-state index contributed by atoms with van der Waals surface area (Å²) in [5, 5.41) is 5.75. The van der Waals surface area contributed by atoms with E-state index in [-0.39, 0.29) is 5.91 Å². The second-order valence-corrected chi connectivity index (χ2v) is 5.68. The van der Waals surface area contributed by atoms with Gasteiger partial charge in [-0.3, -0.25) is 9.78 Å². The summed E-state index contributed by atoms with van der Waals surface area (Å²) in [5.74, 6) is -0.0181. The second-order valence-electron chi connectivity index (χ2n) is 4.82. The molecule has 2 aromatic heterocycles. The molecule has 0 saturated carbocycles. The van der Waals surface area contributed by atoms with E-state index < -0.39 is 0 Å². The number of hydrogen-bond donors (Lipinski definition) is 1. The molecule has 3 rings (SSSR count). The third-order valence-electron chi connectivity index (χ3n) is 3.15. The highest BCUT2D eigenvalue weighted by atomic mass is 32.1. The molecule has 3 aromatic rings. The highest BCUT2D eigenvalue weighted by molar-refractivity contribution is 7.13. The van der Waals surface area contributed by atoms with E-state index in [2.05, 4.69) is 15.3 Å². The van der Waals surface area contributed by atoms with E-state index in [1.165, 1.54) is 0 Å². The van der Waals surface area contributed by atoms with Crippen molar-refractivity contribution in [3.05, 3.63) is 71.5 Å². The monoisotopic (exact) mass is 309 g/mol. The van der Waals surface area contributed by atoms with Gasteiger partial charge in [-0.05, 0) is 17.7 Å². The lowest BCUT2D eigenvalue weighted by Crippen LogP contribution is -2.24. The number of rotatable bonds is 5. The molecule has 0 unspecified atom stereocenters. The summed E-state index contributed by atoms with van der Waals surface area (Å²) in [6.07, 6.45) is 3.78. The molecule has 1 N–H and O–H groups in total. The second kappa shape index (κ2) is 6.95. The Morgan fingerprint density at radius 3 is 2.64 bits per heavy atom. The van der Waals surface area contributed by atoms with E-state index in [1.54, 1.807) is 23.7 Å². The van der Waals surface area contributed by atoms with Gasteiger partial charge < -0.3 is 5.32 Å². The molecule has 0 bridgehead atoms. The van der Waals surface area contributed by atoms with E-state index >= 15 is 0 Å². The van der Waals surface area contributed by atoms with Crippen LogP contribution in [0.3, 0.4) is 0 Å². The molecule has 2 heterocycles. The van der Waals surface area contributed by atoms with Gasteiger partial charge in [0.05, 0.1) is 12.1 Å². The predicted octanol–water partition coefficient (Wildman–Crippen LogP) is 3.06. The molecule has 0 fully saturated rings. The first-order chi connectivity index (χ1) is 10.8. The van der Waals surface area contributed by atoms with Crippen LogP contribution in [0.5, 0.6) is 0 Å². The Bertz CT molecular complexity index is 741. The zero-order valence-corrected chi connectivity index (χ0v) is 12.7. The Morgan fingerprint density at radius 2 is 1.86 bits per heavy atom. The molecule has 4 nitrogen and oxygen atoms in total. The molecule has 0 spiro atoms. The first-order valence-corrected chi connectivity index (χ1v) is 7.84. The number of benzene rings is 1. The van der Waals surface area contributed by atoms with Crippen LogP contribution < -0.4 is 5.32 Å². The lowest BCUT2D eigenvalue weighted by atomic mass is 10.2. The minimum atomic E-state index is -0.0181. The highest BCUT2D eigenvalue weighted by Crippen LogP contribution is 2.22. The van der Waals surface area contributed by atoms with E-state index in [4.69, 9.17) is 0 Å². The highest BCUT2D eigenvalue weighted by Gasteiger charge is 2.08. The maximum absolute atomic E-state index is 12.0. The molecule has 0 aliphatic heterocycles. The smallest absolute Gasteiger partial charge is 0.226 e. The van der Waals surface area contributed by atoms with E-state index in [1.807, 2.05) is 47.8 Å². The normalized spacial score (nSPS) is 10.4. The molecule has 1 amide bonds. The average molecular weight is 309 g/mol. The average Bonchev–Trinajstić information content (AvgIpc) is 3.03. The number of carbonyl (C=O) groups is 1. The van der Waals surface area contributed by atoms with Crippen molar-refractivity contribution in [3.63, 3.8) is 0 Å². The maximum Gasteiger partial charge on any atom is 0.226 e. The van der Waals surface area contributed by atoms with E-state index in [0.717, 1.165) is 21.8 Å². The summed E-state index contributed by atoms with van der Waals surface area (Å²) in [4.78, 5) is 20.5. The molecule has 0 radical (unpaired) electrons. The summed E-state index contributed by atoms with van der Waals surface area (Å²) in [6.45, 7) is 0.543. The SMILES string of the molecule is O=C(Cc1csc(-c2ccncc2)n1)NCc1ccccc1. The Balaban J connectivity index is 1.57. The van der Waals surface area contributed by atoms with Crippen LogP contribution in [0.2, 0.25) is 0 Å². The molecule has 1 aromatic carbocycles. The fraction of sp³-hybridized carbons (Fsp3) is 0.118. The zero-order valence-electron chi connectivity index (χ0n) is 11.9. The maximum atomic E-state index is 12.0. The van der Waals surface area contributed by atoms with Crippen molar-refractivity contribution in [3.8, 4) is 10.6 Å². The quantitative estimate of drug-likeness (QED) is 0.788. The van der Waals surface area contributed by atoms with Crippen LogP contribution in [0.1, 0.15) is 11.3 Å². The van der Waals surface area contributed by atoms with Gasteiger partial charge in [0.2, 0.25) is 5.91 Å². The third kappa shape index (κ3) is 3.77. The van der Waals surface area contributed by atoms with Gasteiger partial charge >= 0.3 is 0 Å². The first kappa shape index (κ1) is 14.4. The summed E-state index contributed by atoms with van der Waals surface area (Å²) < 4.78 is 0. The largest absolute Gasteiger partial charge is 0.352 e. The number of amides is 1. The summed E-state index contributed by atoms with van der Waals surface area (Å²) >= 11 is 1.54. The Morgan fingerprint density at radius 1 is 1.09 bits per heavy atom. The van der Waals surface area contributed by atoms with Crippen molar-refractivity contribution < 1.29 is 4.79 Å². The number of hydrogen-bond acceptors (Lipinski definition) is 4. The number of nitrogens with zero attached hydrogens (tertiary/aromatic N) is 2. The standard InChI is InChI=1S/C17H15N3OS/c21-16(19-11-13-4-2-1-3-5-13)10-15-12-22-17(20-15)14-6-8-18-9-7-14/h1-9,12H,10-11H2,(H,19,21). The van der Waals surface area contributed by atoms with Crippen LogP contribution in [0.4, 0.5) is 0 Å².